The molecule has 0 atom stereocenters. The van der Waals surface area contributed by atoms with Crippen LogP contribution in [0, 0.1) is 5.92 Å². The summed E-state index contributed by atoms with van der Waals surface area (Å²) >= 11 is 0. The molecule has 1 heterocycles. The van der Waals surface area contributed by atoms with Crippen LogP contribution in [-0.4, -0.2) is 28.6 Å². The van der Waals surface area contributed by atoms with Gasteiger partial charge in [-0.2, -0.15) is 18.3 Å². The number of nitrogens with two attached hydrogens (primary N) is 1. The lowest BCUT2D eigenvalue weighted by Gasteiger charge is -2.25. The third kappa shape index (κ3) is 4.74. The van der Waals surface area contributed by atoms with Gasteiger partial charge in [0, 0.05) is 6.04 Å². The minimum absolute atomic E-state index is 0.283. The zero-order valence-corrected chi connectivity index (χ0v) is 10.6. The van der Waals surface area contributed by atoms with E-state index in [0.29, 0.717) is 18.3 Å². The van der Waals surface area contributed by atoms with Gasteiger partial charge in [-0.15, -0.1) is 0 Å². The van der Waals surface area contributed by atoms with Crippen LogP contribution >= 0.6 is 0 Å². The first-order chi connectivity index (χ1) is 8.92. The summed E-state index contributed by atoms with van der Waals surface area (Å²) in [6.07, 6.45) is 2.34. The normalized spacial score (nSPS) is 24.4. The van der Waals surface area contributed by atoms with Crippen molar-refractivity contribution in [1.29, 1.82) is 0 Å². The lowest BCUT2D eigenvalue weighted by atomic mass is 9.87. The molecule has 1 aromatic heterocycles. The molecule has 1 aliphatic rings. The Kier molecular flexibility index (Phi) is 4.34. The van der Waals surface area contributed by atoms with Crippen molar-refractivity contribution in [3.63, 3.8) is 0 Å². The van der Waals surface area contributed by atoms with Crippen molar-refractivity contribution < 1.29 is 17.9 Å². The molecule has 1 fully saturated rings. The number of ether oxygens (including phenoxy) is 1. The fourth-order valence-corrected chi connectivity index (χ4v) is 2.26. The number of alkyl halides is 3. The molecule has 0 unspecified atom stereocenters. The third-order valence-electron chi connectivity index (χ3n) is 3.33. The van der Waals surface area contributed by atoms with E-state index in [9.17, 15) is 13.2 Å². The Bertz CT molecular complexity index is 397. The van der Waals surface area contributed by atoms with Gasteiger partial charge in [0.05, 0.1) is 19.0 Å². The highest BCUT2D eigenvalue weighted by Crippen LogP contribution is 2.24. The summed E-state index contributed by atoms with van der Waals surface area (Å²) in [6, 6.07) is 0.283. The van der Waals surface area contributed by atoms with Crippen LogP contribution in [0.4, 0.5) is 13.2 Å². The second kappa shape index (κ2) is 5.81. The van der Waals surface area contributed by atoms with E-state index < -0.39 is 12.7 Å². The zero-order valence-electron chi connectivity index (χ0n) is 10.6. The zero-order chi connectivity index (χ0) is 13.9. The van der Waals surface area contributed by atoms with Gasteiger partial charge in [-0.3, -0.25) is 4.68 Å². The Morgan fingerprint density at radius 2 is 2.00 bits per heavy atom. The quantitative estimate of drug-likeness (QED) is 0.919. The molecule has 1 aliphatic carbocycles. The first kappa shape index (κ1) is 14.2. The summed E-state index contributed by atoms with van der Waals surface area (Å²) in [5, 5.41) is 3.63. The minimum Gasteiger partial charge on any atom is -0.490 e. The van der Waals surface area contributed by atoms with E-state index in [1.165, 1.54) is 12.4 Å². The number of halogens is 3. The van der Waals surface area contributed by atoms with Gasteiger partial charge in [-0.05, 0) is 31.6 Å². The average molecular weight is 277 g/mol. The topological polar surface area (TPSA) is 53.1 Å². The minimum atomic E-state index is -4.26. The van der Waals surface area contributed by atoms with Crippen molar-refractivity contribution in [3.05, 3.63) is 12.4 Å². The molecule has 0 aliphatic heterocycles. The molecule has 2 N–H and O–H groups in total. The van der Waals surface area contributed by atoms with Gasteiger partial charge >= 0.3 is 6.18 Å². The lowest BCUT2D eigenvalue weighted by Crippen LogP contribution is -2.28. The summed E-state index contributed by atoms with van der Waals surface area (Å²) in [4.78, 5) is 0. The molecule has 0 spiro atoms. The Hall–Kier alpha value is -1.24. The van der Waals surface area contributed by atoms with Gasteiger partial charge in [0.2, 0.25) is 0 Å². The predicted octanol–water partition coefficient (Wildman–Crippen LogP) is 2.34. The van der Waals surface area contributed by atoms with Crippen molar-refractivity contribution in [1.82, 2.24) is 9.78 Å². The van der Waals surface area contributed by atoms with Gasteiger partial charge < -0.3 is 10.5 Å². The van der Waals surface area contributed by atoms with E-state index >= 15 is 0 Å². The van der Waals surface area contributed by atoms with E-state index in [-0.39, 0.29) is 6.04 Å². The fourth-order valence-electron chi connectivity index (χ4n) is 2.26. The van der Waals surface area contributed by atoms with Crippen LogP contribution in [0.2, 0.25) is 0 Å². The molecule has 19 heavy (non-hydrogen) atoms. The van der Waals surface area contributed by atoms with Crippen molar-refractivity contribution >= 4 is 0 Å². The molecule has 0 amide bonds. The molecule has 7 heteroatoms. The standard InChI is InChI=1S/C12H18F3N3O/c13-12(14,15)8-18-6-11(5-17-18)19-7-9-1-3-10(16)4-2-9/h5-6,9-10H,1-4,7-8,16H2. The number of rotatable bonds is 4. The monoisotopic (exact) mass is 277 g/mol. The molecule has 0 saturated heterocycles. The van der Waals surface area contributed by atoms with Gasteiger partial charge in [0.25, 0.3) is 0 Å². The van der Waals surface area contributed by atoms with Crippen molar-refractivity contribution in [2.45, 2.75) is 44.4 Å². The third-order valence-corrected chi connectivity index (χ3v) is 3.33. The summed E-state index contributed by atoms with van der Waals surface area (Å²) in [5.74, 6) is 0.824. The van der Waals surface area contributed by atoms with Crippen LogP contribution < -0.4 is 10.5 Å². The van der Waals surface area contributed by atoms with Crippen molar-refractivity contribution in [2.24, 2.45) is 11.7 Å². The second-order valence-electron chi connectivity index (χ2n) is 5.08. The number of aromatic nitrogens is 2. The molecule has 0 bridgehead atoms. The van der Waals surface area contributed by atoms with E-state index in [1.807, 2.05) is 0 Å². The Morgan fingerprint density at radius 1 is 1.32 bits per heavy atom. The molecule has 1 saturated carbocycles. The van der Waals surface area contributed by atoms with Gasteiger partial charge in [0.15, 0.2) is 5.75 Å². The molecule has 108 valence electrons. The van der Waals surface area contributed by atoms with Crippen molar-refractivity contribution in [3.8, 4) is 5.75 Å². The van der Waals surface area contributed by atoms with Crippen LogP contribution in [0.3, 0.4) is 0 Å². The molecular weight excluding hydrogens is 259 g/mol. The van der Waals surface area contributed by atoms with Crippen molar-refractivity contribution in [2.75, 3.05) is 6.61 Å². The summed E-state index contributed by atoms with van der Waals surface area (Å²) in [5.41, 5.74) is 5.81. The van der Waals surface area contributed by atoms with Crippen LogP contribution in [0.15, 0.2) is 12.4 Å². The van der Waals surface area contributed by atoms with Crippen LogP contribution in [0.1, 0.15) is 25.7 Å². The summed E-state index contributed by atoms with van der Waals surface area (Å²) in [7, 11) is 0. The molecule has 0 aromatic carbocycles. The smallest absolute Gasteiger partial charge is 0.408 e. The maximum Gasteiger partial charge on any atom is 0.408 e. The second-order valence-corrected chi connectivity index (χ2v) is 5.08. The van der Waals surface area contributed by atoms with Gasteiger partial charge in [-0.25, -0.2) is 0 Å². The van der Waals surface area contributed by atoms with E-state index in [2.05, 4.69) is 5.10 Å². The highest BCUT2D eigenvalue weighted by molar-refractivity contribution is 5.11. The summed E-state index contributed by atoms with van der Waals surface area (Å²) in [6.45, 7) is -0.570. The Balaban J connectivity index is 1.77. The van der Waals surface area contributed by atoms with Crippen LogP contribution in [0.5, 0.6) is 5.75 Å². The van der Waals surface area contributed by atoms with Gasteiger partial charge in [0.1, 0.15) is 6.54 Å². The summed E-state index contributed by atoms with van der Waals surface area (Å²) < 4.78 is 42.8. The Morgan fingerprint density at radius 3 is 2.63 bits per heavy atom. The maximum absolute atomic E-state index is 12.2. The number of hydrogen-bond acceptors (Lipinski definition) is 3. The van der Waals surface area contributed by atoms with Crippen LogP contribution in [-0.2, 0) is 6.54 Å². The fraction of sp³-hybridized carbons (Fsp3) is 0.750. The lowest BCUT2D eigenvalue weighted by molar-refractivity contribution is -0.142. The maximum atomic E-state index is 12.2. The molecule has 4 nitrogen and oxygen atoms in total. The van der Waals surface area contributed by atoms with Gasteiger partial charge in [-0.1, -0.05) is 0 Å². The molecule has 2 rings (SSSR count). The number of hydrogen-bond donors (Lipinski definition) is 1. The molecular formula is C12H18F3N3O. The van der Waals surface area contributed by atoms with Crippen LogP contribution in [0.25, 0.3) is 0 Å². The highest BCUT2D eigenvalue weighted by atomic mass is 19.4. The van der Waals surface area contributed by atoms with E-state index in [4.69, 9.17) is 10.5 Å². The SMILES string of the molecule is NC1CCC(COc2cnn(CC(F)(F)F)c2)CC1. The largest absolute Gasteiger partial charge is 0.490 e. The highest BCUT2D eigenvalue weighted by Gasteiger charge is 2.28. The number of nitrogens with zero attached hydrogens (tertiary/aromatic N) is 2. The predicted molar refractivity (Wildman–Crippen MR) is 63.7 cm³/mol. The molecule has 0 radical (unpaired) electrons. The first-order valence-corrected chi connectivity index (χ1v) is 6.40. The molecule has 1 aromatic rings. The average Bonchev–Trinajstić information content (AvgIpc) is 2.73. The van der Waals surface area contributed by atoms with E-state index in [0.717, 1.165) is 30.4 Å². The Labute approximate surface area is 109 Å². The van der Waals surface area contributed by atoms with E-state index in [1.54, 1.807) is 0 Å². The first-order valence-electron chi connectivity index (χ1n) is 6.40.